The normalized spacial score (nSPS) is 21.2. The summed E-state index contributed by atoms with van der Waals surface area (Å²) in [5.74, 6) is 0.554. The van der Waals surface area contributed by atoms with E-state index >= 15 is 0 Å². The molecule has 18 heavy (non-hydrogen) atoms. The number of carbonyl (C=O) groups is 2. The van der Waals surface area contributed by atoms with Crippen molar-refractivity contribution in [2.75, 3.05) is 11.9 Å². The minimum absolute atomic E-state index is 0.0514. The molecular weight excluding hydrogens is 228 g/mol. The Morgan fingerprint density at radius 2 is 2.11 bits per heavy atom. The SMILES string of the molecule is CCNC(=O)c1cccc(NC(=O)[C@@H]2C[C@@H]2C)c1. The second-order valence-corrected chi connectivity index (χ2v) is 4.75. The molecule has 4 nitrogen and oxygen atoms in total. The molecule has 0 aliphatic heterocycles. The number of carbonyl (C=O) groups excluding carboxylic acids is 2. The Labute approximate surface area is 107 Å². The van der Waals surface area contributed by atoms with Crippen molar-refractivity contribution in [2.24, 2.45) is 11.8 Å². The zero-order valence-electron chi connectivity index (χ0n) is 10.7. The highest BCUT2D eigenvalue weighted by Crippen LogP contribution is 2.38. The highest BCUT2D eigenvalue weighted by molar-refractivity contribution is 5.98. The quantitative estimate of drug-likeness (QED) is 0.854. The second kappa shape index (κ2) is 5.21. The molecule has 0 bridgehead atoms. The molecule has 1 aliphatic carbocycles. The summed E-state index contributed by atoms with van der Waals surface area (Å²) >= 11 is 0. The van der Waals surface area contributed by atoms with Crippen LogP contribution < -0.4 is 10.6 Å². The summed E-state index contributed by atoms with van der Waals surface area (Å²) in [7, 11) is 0. The van der Waals surface area contributed by atoms with Gasteiger partial charge in [-0.2, -0.15) is 0 Å². The Bertz CT molecular complexity index is 471. The zero-order valence-corrected chi connectivity index (χ0v) is 10.7. The lowest BCUT2D eigenvalue weighted by molar-refractivity contribution is -0.117. The van der Waals surface area contributed by atoms with Crippen LogP contribution in [0.5, 0.6) is 0 Å². The summed E-state index contributed by atoms with van der Waals surface area (Å²) in [5, 5.41) is 5.59. The highest BCUT2D eigenvalue weighted by Gasteiger charge is 2.39. The van der Waals surface area contributed by atoms with Crippen LogP contribution in [0.2, 0.25) is 0 Å². The Hall–Kier alpha value is -1.84. The summed E-state index contributed by atoms with van der Waals surface area (Å²) in [5.41, 5.74) is 1.25. The Morgan fingerprint density at radius 1 is 1.39 bits per heavy atom. The van der Waals surface area contributed by atoms with Gasteiger partial charge >= 0.3 is 0 Å². The lowest BCUT2D eigenvalue weighted by atomic mass is 10.2. The van der Waals surface area contributed by atoms with E-state index in [1.54, 1.807) is 24.3 Å². The first-order valence-electron chi connectivity index (χ1n) is 6.31. The Morgan fingerprint density at radius 3 is 2.72 bits per heavy atom. The van der Waals surface area contributed by atoms with Crippen molar-refractivity contribution in [3.05, 3.63) is 29.8 Å². The van der Waals surface area contributed by atoms with Crippen LogP contribution in [0, 0.1) is 11.8 Å². The molecule has 0 spiro atoms. The maximum absolute atomic E-state index is 11.8. The number of rotatable bonds is 4. The van der Waals surface area contributed by atoms with E-state index in [0.717, 1.165) is 6.42 Å². The highest BCUT2D eigenvalue weighted by atomic mass is 16.2. The first kappa shape index (κ1) is 12.6. The van der Waals surface area contributed by atoms with E-state index in [9.17, 15) is 9.59 Å². The van der Waals surface area contributed by atoms with Crippen LogP contribution >= 0.6 is 0 Å². The van der Waals surface area contributed by atoms with Crippen LogP contribution in [0.15, 0.2) is 24.3 Å². The topological polar surface area (TPSA) is 58.2 Å². The van der Waals surface area contributed by atoms with Gasteiger partial charge in [-0.3, -0.25) is 9.59 Å². The standard InChI is InChI=1S/C14H18N2O2/c1-3-15-13(17)10-5-4-6-11(8-10)16-14(18)12-7-9(12)2/h4-6,8-9,12H,3,7H2,1-2H3,(H,15,17)(H,16,18)/t9-,12+/m0/s1. The molecule has 2 rings (SSSR count). The van der Waals surface area contributed by atoms with E-state index in [4.69, 9.17) is 0 Å². The third kappa shape index (κ3) is 2.88. The van der Waals surface area contributed by atoms with Gasteiger partial charge in [-0.15, -0.1) is 0 Å². The van der Waals surface area contributed by atoms with Gasteiger partial charge in [-0.1, -0.05) is 13.0 Å². The van der Waals surface area contributed by atoms with Gasteiger partial charge in [0.25, 0.3) is 5.91 Å². The molecular formula is C14H18N2O2. The predicted molar refractivity (Wildman–Crippen MR) is 70.3 cm³/mol. The van der Waals surface area contributed by atoms with E-state index < -0.39 is 0 Å². The smallest absolute Gasteiger partial charge is 0.251 e. The first-order valence-corrected chi connectivity index (χ1v) is 6.31. The van der Waals surface area contributed by atoms with Gasteiger partial charge in [0.2, 0.25) is 5.91 Å². The molecule has 2 amide bonds. The fourth-order valence-corrected chi connectivity index (χ4v) is 1.92. The van der Waals surface area contributed by atoms with E-state index in [-0.39, 0.29) is 17.7 Å². The number of hydrogen-bond donors (Lipinski definition) is 2. The molecule has 4 heteroatoms. The van der Waals surface area contributed by atoms with Gasteiger partial charge in [-0.25, -0.2) is 0 Å². The molecule has 1 fully saturated rings. The molecule has 2 N–H and O–H groups in total. The van der Waals surface area contributed by atoms with Gasteiger partial charge in [0, 0.05) is 23.7 Å². The molecule has 1 aliphatic rings. The van der Waals surface area contributed by atoms with E-state index in [1.165, 1.54) is 0 Å². The van der Waals surface area contributed by atoms with Crippen LogP contribution in [0.25, 0.3) is 0 Å². The monoisotopic (exact) mass is 246 g/mol. The maximum Gasteiger partial charge on any atom is 0.251 e. The van der Waals surface area contributed by atoms with Crippen LogP contribution in [0.3, 0.4) is 0 Å². The molecule has 0 unspecified atom stereocenters. The fourth-order valence-electron chi connectivity index (χ4n) is 1.92. The molecule has 0 radical (unpaired) electrons. The summed E-state index contributed by atoms with van der Waals surface area (Å²) in [6.07, 6.45) is 0.960. The van der Waals surface area contributed by atoms with Gasteiger partial charge in [0.1, 0.15) is 0 Å². The van der Waals surface area contributed by atoms with E-state index in [0.29, 0.717) is 23.7 Å². The minimum atomic E-state index is -0.117. The van der Waals surface area contributed by atoms with Crippen LogP contribution in [-0.2, 0) is 4.79 Å². The summed E-state index contributed by atoms with van der Waals surface area (Å²) in [6.45, 7) is 4.53. The van der Waals surface area contributed by atoms with Crippen molar-refractivity contribution in [1.29, 1.82) is 0 Å². The van der Waals surface area contributed by atoms with Crippen molar-refractivity contribution < 1.29 is 9.59 Å². The second-order valence-electron chi connectivity index (χ2n) is 4.75. The number of amides is 2. The zero-order chi connectivity index (χ0) is 13.1. The van der Waals surface area contributed by atoms with Gasteiger partial charge in [0.05, 0.1) is 0 Å². The lowest BCUT2D eigenvalue weighted by Gasteiger charge is -2.07. The van der Waals surface area contributed by atoms with Crippen LogP contribution in [-0.4, -0.2) is 18.4 Å². The summed E-state index contributed by atoms with van der Waals surface area (Å²) in [4.78, 5) is 23.4. The van der Waals surface area contributed by atoms with Crippen LogP contribution in [0.4, 0.5) is 5.69 Å². The van der Waals surface area contributed by atoms with Crippen molar-refractivity contribution >= 4 is 17.5 Å². The molecule has 0 heterocycles. The molecule has 0 aromatic heterocycles. The number of anilines is 1. The number of nitrogens with one attached hydrogen (secondary N) is 2. The number of benzene rings is 1. The predicted octanol–water partition coefficient (Wildman–Crippen LogP) is 2.03. The summed E-state index contributed by atoms with van der Waals surface area (Å²) in [6, 6.07) is 7.01. The van der Waals surface area contributed by atoms with Crippen molar-refractivity contribution in [2.45, 2.75) is 20.3 Å². The van der Waals surface area contributed by atoms with Crippen molar-refractivity contribution in [3.8, 4) is 0 Å². The van der Waals surface area contributed by atoms with Crippen molar-refractivity contribution in [1.82, 2.24) is 5.32 Å². The Kier molecular flexibility index (Phi) is 3.65. The molecule has 1 aromatic carbocycles. The van der Waals surface area contributed by atoms with Gasteiger partial charge in [0.15, 0.2) is 0 Å². The van der Waals surface area contributed by atoms with Gasteiger partial charge in [-0.05, 0) is 37.5 Å². The van der Waals surface area contributed by atoms with Crippen molar-refractivity contribution in [3.63, 3.8) is 0 Å². The third-order valence-electron chi connectivity index (χ3n) is 3.18. The molecule has 0 saturated heterocycles. The average molecular weight is 246 g/mol. The van der Waals surface area contributed by atoms with Gasteiger partial charge < -0.3 is 10.6 Å². The molecule has 1 saturated carbocycles. The van der Waals surface area contributed by atoms with Crippen LogP contribution in [0.1, 0.15) is 30.6 Å². The average Bonchev–Trinajstić information content (AvgIpc) is 3.07. The largest absolute Gasteiger partial charge is 0.352 e. The molecule has 1 aromatic rings. The van der Waals surface area contributed by atoms with E-state index in [2.05, 4.69) is 17.6 Å². The fraction of sp³-hybridized carbons (Fsp3) is 0.429. The number of hydrogen-bond acceptors (Lipinski definition) is 2. The molecule has 96 valence electrons. The van der Waals surface area contributed by atoms with E-state index in [1.807, 2.05) is 6.92 Å². The first-order chi connectivity index (χ1) is 8.61. The Balaban J connectivity index is 2.03. The summed E-state index contributed by atoms with van der Waals surface area (Å²) < 4.78 is 0. The maximum atomic E-state index is 11.8. The lowest BCUT2D eigenvalue weighted by Crippen LogP contribution is -2.23. The third-order valence-corrected chi connectivity index (χ3v) is 3.18. The minimum Gasteiger partial charge on any atom is -0.352 e. The molecule has 2 atom stereocenters.